The van der Waals surface area contributed by atoms with E-state index in [0.717, 1.165) is 51.9 Å². The average Bonchev–Trinajstić information content (AvgIpc) is 3.07. The van der Waals surface area contributed by atoms with E-state index in [4.69, 9.17) is 4.74 Å². The lowest BCUT2D eigenvalue weighted by atomic mass is 9.89. The van der Waals surface area contributed by atoms with Gasteiger partial charge in [0, 0.05) is 5.56 Å². The summed E-state index contributed by atoms with van der Waals surface area (Å²) in [6, 6.07) is 8.81. The number of likely N-dealkylation sites (N-methyl/N-ethyl adjacent to an activating group) is 1. The molecule has 0 bridgehead atoms. The van der Waals surface area contributed by atoms with Crippen LogP contribution in [0.4, 0.5) is 0 Å². The van der Waals surface area contributed by atoms with E-state index in [1.54, 1.807) is 4.90 Å². The van der Waals surface area contributed by atoms with Crippen LogP contribution in [0.2, 0.25) is 0 Å². The number of piperazine rings is 1. The van der Waals surface area contributed by atoms with Gasteiger partial charge in [0.1, 0.15) is 11.8 Å². The Labute approximate surface area is 161 Å². The van der Waals surface area contributed by atoms with Gasteiger partial charge < -0.3 is 14.5 Å². The number of carbonyl (C=O) groups excluding carboxylic acids is 2. The summed E-state index contributed by atoms with van der Waals surface area (Å²) in [5.74, 6) is -0.0256. The molecule has 146 valence electrons. The third-order valence-corrected chi connectivity index (χ3v) is 6.35. The molecule has 1 saturated carbocycles. The zero-order valence-electron chi connectivity index (χ0n) is 16.2. The highest BCUT2D eigenvalue weighted by Crippen LogP contribution is 2.41. The van der Waals surface area contributed by atoms with Gasteiger partial charge in [0.25, 0.3) is 5.91 Å². The number of benzene rings is 1. The summed E-state index contributed by atoms with van der Waals surface area (Å²) >= 11 is 0. The lowest BCUT2D eigenvalue weighted by Gasteiger charge is -2.42. The predicted octanol–water partition coefficient (Wildman–Crippen LogP) is 0.545. The number of hydrogen-bond donors (Lipinski definition) is 1. The summed E-state index contributed by atoms with van der Waals surface area (Å²) in [6.45, 7) is 3.73. The van der Waals surface area contributed by atoms with Crippen molar-refractivity contribution >= 4 is 11.8 Å². The average molecular weight is 372 g/mol. The van der Waals surface area contributed by atoms with Gasteiger partial charge >= 0.3 is 0 Å². The molecule has 3 aliphatic rings. The van der Waals surface area contributed by atoms with Gasteiger partial charge in [-0.25, -0.2) is 0 Å². The first-order chi connectivity index (χ1) is 13.1. The Bertz CT molecular complexity index is 679. The van der Waals surface area contributed by atoms with E-state index in [2.05, 4.69) is 7.05 Å². The second-order valence-corrected chi connectivity index (χ2v) is 8.16. The van der Waals surface area contributed by atoms with E-state index in [0.29, 0.717) is 12.2 Å². The largest absolute Gasteiger partial charge is 0.353 e. The van der Waals surface area contributed by atoms with E-state index in [-0.39, 0.29) is 11.8 Å². The number of rotatable bonds is 2. The second-order valence-electron chi connectivity index (χ2n) is 8.16. The van der Waals surface area contributed by atoms with Crippen LogP contribution in [0.5, 0.6) is 0 Å². The molecule has 6 nitrogen and oxygen atoms in total. The number of nitrogens with zero attached hydrogens (tertiary/aromatic N) is 2. The predicted molar refractivity (Wildman–Crippen MR) is 101 cm³/mol. The molecule has 0 radical (unpaired) electrons. The Morgan fingerprint density at radius 1 is 1.07 bits per heavy atom. The van der Waals surface area contributed by atoms with Gasteiger partial charge in [0.05, 0.1) is 39.8 Å². The maximum absolute atomic E-state index is 13.4. The minimum absolute atomic E-state index is 0.0502. The first-order valence-corrected chi connectivity index (χ1v) is 10.2. The quantitative estimate of drug-likeness (QED) is 0.825. The Morgan fingerprint density at radius 3 is 2.41 bits per heavy atom. The maximum atomic E-state index is 13.4. The Hall–Kier alpha value is -1.92. The molecule has 2 amide bonds. The molecule has 2 heterocycles. The van der Waals surface area contributed by atoms with Crippen LogP contribution in [0.1, 0.15) is 42.5 Å². The van der Waals surface area contributed by atoms with Crippen molar-refractivity contribution in [3.63, 3.8) is 0 Å². The molecule has 1 aliphatic carbocycles. The molecule has 1 aromatic carbocycles. The monoisotopic (exact) mass is 372 g/mol. The van der Waals surface area contributed by atoms with Crippen molar-refractivity contribution in [2.45, 2.75) is 43.9 Å². The fourth-order valence-electron chi connectivity index (χ4n) is 4.70. The Morgan fingerprint density at radius 2 is 1.74 bits per heavy atom. The summed E-state index contributed by atoms with van der Waals surface area (Å²) in [5.41, 5.74) is 0.0251. The SMILES string of the molecule is C[NH+]1CCN(C(=O)[C@@H]2COC3(CCCCC3)N2C(=O)c2ccccc2)CC1. The first kappa shape index (κ1) is 18.4. The topological polar surface area (TPSA) is 54.3 Å². The number of hydrogen-bond acceptors (Lipinski definition) is 3. The molecule has 3 fully saturated rings. The zero-order valence-corrected chi connectivity index (χ0v) is 16.2. The van der Waals surface area contributed by atoms with Crippen molar-refractivity contribution in [3.8, 4) is 0 Å². The van der Waals surface area contributed by atoms with Gasteiger partial charge in [0.2, 0.25) is 5.91 Å². The van der Waals surface area contributed by atoms with E-state index in [1.165, 1.54) is 11.3 Å². The van der Waals surface area contributed by atoms with E-state index in [9.17, 15) is 9.59 Å². The van der Waals surface area contributed by atoms with E-state index in [1.807, 2.05) is 35.2 Å². The summed E-state index contributed by atoms with van der Waals surface area (Å²) < 4.78 is 6.23. The molecular formula is C21H30N3O3+. The third-order valence-electron chi connectivity index (χ3n) is 6.35. The Kier molecular flexibility index (Phi) is 5.19. The van der Waals surface area contributed by atoms with Gasteiger partial charge in [-0.05, 0) is 37.8 Å². The molecule has 0 aromatic heterocycles. The van der Waals surface area contributed by atoms with Crippen molar-refractivity contribution < 1.29 is 19.2 Å². The van der Waals surface area contributed by atoms with Gasteiger partial charge in [-0.15, -0.1) is 0 Å². The van der Waals surface area contributed by atoms with Crippen LogP contribution in [0.3, 0.4) is 0 Å². The molecule has 6 heteroatoms. The molecule has 1 N–H and O–H groups in total. The van der Waals surface area contributed by atoms with Crippen LogP contribution < -0.4 is 4.90 Å². The standard InChI is InChI=1S/C21H29N3O3/c1-22-12-14-23(15-13-22)20(26)18-16-27-21(10-6-3-7-11-21)24(18)19(25)17-8-4-2-5-9-17/h2,4-5,8-9,18H,3,6-7,10-16H2,1H3/p+1/t18-/m0/s1. The molecule has 2 saturated heterocycles. The fraction of sp³-hybridized carbons (Fsp3) is 0.619. The molecule has 1 aromatic rings. The van der Waals surface area contributed by atoms with Crippen LogP contribution in [-0.2, 0) is 9.53 Å². The van der Waals surface area contributed by atoms with Gasteiger partial charge in [-0.2, -0.15) is 0 Å². The normalized spacial score (nSPS) is 25.7. The number of nitrogens with one attached hydrogen (secondary N) is 1. The summed E-state index contributed by atoms with van der Waals surface area (Å²) in [4.78, 5) is 31.9. The van der Waals surface area contributed by atoms with Crippen LogP contribution in [-0.4, -0.2) is 73.2 Å². The van der Waals surface area contributed by atoms with Crippen LogP contribution >= 0.6 is 0 Å². The molecule has 0 unspecified atom stereocenters. The zero-order chi connectivity index (χ0) is 18.9. The van der Waals surface area contributed by atoms with E-state index < -0.39 is 11.8 Å². The highest BCUT2D eigenvalue weighted by atomic mass is 16.5. The summed E-state index contributed by atoms with van der Waals surface area (Å²) in [5, 5.41) is 0. The number of amides is 2. The van der Waals surface area contributed by atoms with Gasteiger partial charge in [-0.3, -0.25) is 14.5 Å². The van der Waals surface area contributed by atoms with Crippen molar-refractivity contribution in [3.05, 3.63) is 35.9 Å². The fourth-order valence-corrected chi connectivity index (χ4v) is 4.70. The minimum Gasteiger partial charge on any atom is -0.353 e. The summed E-state index contributed by atoms with van der Waals surface area (Å²) in [7, 11) is 2.16. The highest BCUT2D eigenvalue weighted by molar-refractivity contribution is 5.98. The van der Waals surface area contributed by atoms with Crippen molar-refractivity contribution in [2.75, 3.05) is 39.8 Å². The molecular weight excluding hydrogens is 342 g/mol. The van der Waals surface area contributed by atoms with Gasteiger partial charge in [0.15, 0.2) is 0 Å². The minimum atomic E-state index is -0.608. The molecule has 1 spiro atoms. The third kappa shape index (κ3) is 3.48. The highest BCUT2D eigenvalue weighted by Gasteiger charge is 2.53. The Balaban J connectivity index is 1.62. The number of ether oxygens (including phenoxy) is 1. The first-order valence-electron chi connectivity index (χ1n) is 10.2. The molecule has 27 heavy (non-hydrogen) atoms. The van der Waals surface area contributed by atoms with Crippen LogP contribution in [0.15, 0.2) is 30.3 Å². The van der Waals surface area contributed by atoms with Crippen molar-refractivity contribution in [1.29, 1.82) is 0 Å². The van der Waals surface area contributed by atoms with Crippen LogP contribution in [0.25, 0.3) is 0 Å². The summed E-state index contributed by atoms with van der Waals surface area (Å²) in [6.07, 6.45) is 4.89. The number of quaternary nitrogens is 1. The maximum Gasteiger partial charge on any atom is 0.256 e. The van der Waals surface area contributed by atoms with Gasteiger partial charge in [-0.1, -0.05) is 24.6 Å². The lowest BCUT2D eigenvalue weighted by Crippen LogP contribution is -3.12. The van der Waals surface area contributed by atoms with Crippen LogP contribution in [0, 0.1) is 0 Å². The smallest absolute Gasteiger partial charge is 0.256 e. The van der Waals surface area contributed by atoms with E-state index >= 15 is 0 Å². The molecule has 4 rings (SSSR count). The second kappa shape index (κ2) is 7.60. The van der Waals surface area contributed by atoms with Crippen molar-refractivity contribution in [1.82, 2.24) is 9.80 Å². The lowest BCUT2D eigenvalue weighted by molar-refractivity contribution is -0.883. The van der Waals surface area contributed by atoms with Crippen molar-refractivity contribution in [2.24, 2.45) is 0 Å². The molecule has 2 aliphatic heterocycles. The number of carbonyl (C=O) groups is 2. The molecule has 1 atom stereocenters.